The van der Waals surface area contributed by atoms with E-state index in [1.165, 1.54) is 6.42 Å². The molecule has 1 aromatic rings. The van der Waals surface area contributed by atoms with E-state index in [2.05, 4.69) is 12.1 Å². The van der Waals surface area contributed by atoms with Gasteiger partial charge >= 0.3 is 0 Å². The Kier molecular flexibility index (Phi) is 8.66. The second-order valence-corrected chi connectivity index (χ2v) is 7.38. The fraction of sp³-hybridized carbons (Fsp3) is 0.650. The monoisotopic (exact) mass is 394 g/mol. The molecule has 8 nitrogen and oxygen atoms in total. The topological polar surface area (TPSA) is 117 Å². The van der Waals surface area contributed by atoms with Crippen molar-refractivity contribution >= 4 is 5.91 Å². The Labute approximate surface area is 165 Å². The number of aliphatic hydroxyl groups excluding tert-OH is 1. The predicted molar refractivity (Wildman–Crippen MR) is 103 cm³/mol. The molecular weight excluding hydrogens is 364 g/mol. The molecule has 0 saturated heterocycles. The van der Waals surface area contributed by atoms with E-state index in [9.17, 15) is 14.8 Å². The van der Waals surface area contributed by atoms with E-state index in [1.54, 1.807) is 30.8 Å². The highest BCUT2D eigenvalue weighted by Gasteiger charge is 2.27. The summed E-state index contributed by atoms with van der Waals surface area (Å²) in [4.78, 5) is 22.3. The maximum absolute atomic E-state index is 11.6. The van der Waals surface area contributed by atoms with Gasteiger partial charge in [0.1, 0.15) is 0 Å². The van der Waals surface area contributed by atoms with Crippen LogP contribution in [0.3, 0.4) is 0 Å². The summed E-state index contributed by atoms with van der Waals surface area (Å²) < 4.78 is 11.6. The molecule has 1 saturated carbocycles. The lowest BCUT2D eigenvalue weighted by atomic mass is 9.91. The number of carbonyl (C=O) groups is 1. The first-order valence-corrected chi connectivity index (χ1v) is 9.78. The summed E-state index contributed by atoms with van der Waals surface area (Å²) in [6.45, 7) is 2.19. The van der Waals surface area contributed by atoms with Crippen molar-refractivity contribution in [2.75, 3.05) is 7.11 Å². The number of hydrogen-bond donors (Lipinski definition) is 3. The number of rotatable bonds is 11. The van der Waals surface area contributed by atoms with E-state index in [0.29, 0.717) is 23.0 Å². The molecule has 0 spiro atoms. The Morgan fingerprint density at radius 2 is 2.14 bits per heavy atom. The third-order valence-electron chi connectivity index (χ3n) is 5.32. The number of benzene rings is 1. The van der Waals surface area contributed by atoms with Crippen molar-refractivity contribution in [2.24, 2.45) is 11.1 Å². The summed E-state index contributed by atoms with van der Waals surface area (Å²) in [5.74, 6) is 0.718. The molecule has 1 aliphatic carbocycles. The fourth-order valence-corrected chi connectivity index (χ4v) is 3.93. The molecular formula is C20H30N2O6. The average Bonchev–Trinajstić information content (AvgIpc) is 3.14. The van der Waals surface area contributed by atoms with Gasteiger partial charge in [0.15, 0.2) is 17.7 Å². The smallest absolute Gasteiger partial charge is 0.243 e. The number of aliphatic hydroxyl groups is 1. The SMILES string of the molecule is CCCC1CC[C@@H](Oc2cc(C(CC(=O)NO)CC(O)N=O)ccc2OC)C1. The van der Waals surface area contributed by atoms with Gasteiger partial charge in [0, 0.05) is 12.8 Å². The van der Waals surface area contributed by atoms with Crippen molar-refractivity contribution < 1.29 is 24.6 Å². The van der Waals surface area contributed by atoms with Crippen LogP contribution in [0.2, 0.25) is 0 Å². The number of hydroxylamine groups is 1. The molecule has 0 aliphatic heterocycles. The van der Waals surface area contributed by atoms with Crippen LogP contribution in [0.15, 0.2) is 23.4 Å². The number of nitrogens with zero attached hydrogens (tertiary/aromatic N) is 1. The number of nitrogens with one attached hydrogen (secondary N) is 1. The molecule has 4 atom stereocenters. The molecule has 0 radical (unpaired) electrons. The minimum Gasteiger partial charge on any atom is -0.493 e. The lowest BCUT2D eigenvalue weighted by Gasteiger charge is -2.21. The van der Waals surface area contributed by atoms with Crippen LogP contribution in [0, 0.1) is 10.8 Å². The lowest BCUT2D eigenvalue weighted by Crippen LogP contribution is -2.23. The number of hydrogen-bond acceptors (Lipinski definition) is 7. The van der Waals surface area contributed by atoms with Crippen LogP contribution in [-0.2, 0) is 4.79 Å². The highest BCUT2D eigenvalue weighted by molar-refractivity contribution is 5.75. The largest absolute Gasteiger partial charge is 0.493 e. The van der Waals surface area contributed by atoms with E-state index in [-0.39, 0.29) is 18.9 Å². The molecule has 1 fully saturated rings. The van der Waals surface area contributed by atoms with Crippen LogP contribution < -0.4 is 15.0 Å². The van der Waals surface area contributed by atoms with E-state index < -0.39 is 18.1 Å². The van der Waals surface area contributed by atoms with Gasteiger partial charge in [-0.25, -0.2) is 5.48 Å². The fourth-order valence-electron chi connectivity index (χ4n) is 3.93. The van der Waals surface area contributed by atoms with E-state index >= 15 is 0 Å². The second kappa shape index (κ2) is 11.0. The number of ether oxygens (including phenoxy) is 2. The van der Waals surface area contributed by atoms with Crippen molar-refractivity contribution in [3.63, 3.8) is 0 Å². The minimum atomic E-state index is -1.44. The minimum absolute atomic E-state index is 0.0370. The first-order valence-electron chi connectivity index (χ1n) is 9.78. The summed E-state index contributed by atoms with van der Waals surface area (Å²) in [5, 5.41) is 21.1. The van der Waals surface area contributed by atoms with Gasteiger partial charge in [-0.3, -0.25) is 10.0 Å². The maximum Gasteiger partial charge on any atom is 0.243 e. The summed E-state index contributed by atoms with van der Waals surface area (Å²) in [7, 11) is 1.56. The molecule has 1 aromatic carbocycles. The predicted octanol–water partition coefficient (Wildman–Crippen LogP) is 3.50. The zero-order valence-electron chi connectivity index (χ0n) is 16.5. The Morgan fingerprint density at radius 3 is 2.79 bits per heavy atom. The third-order valence-corrected chi connectivity index (χ3v) is 5.32. The van der Waals surface area contributed by atoms with Gasteiger partial charge in [0.25, 0.3) is 0 Å². The number of carbonyl (C=O) groups excluding carboxylic acids is 1. The van der Waals surface area contributed by atoms with Gasteiger partial charge in [-0.1, -0.05) is 25.8 Å². The van der Waals surface area contributed by atoms with E-state index in [0.717, 1.165) is 25.7 Å². The maximum atomic E-state index is 11.6. The molecule has 8 heteroatoms. The third kappa shape index (κ3) is 6.17. The Balaban J connectivity index is 2.20. The van der Waals surface area contributed by atoms with E-state index in [4.69, 9.17) is 14.7 Å². The Hall–Kier alpha value is -2.19. The molecule has 3 unspecified atom stereocenters. The summed E-state index contributed by atoms with van der Waals surface area (Å²) in [6, 6.07) is 5.28. The highest BCUT2D eigenvalue weighted by Crippen LogP contribution is 2.38. The Bertz CT molecular complexity index is 654. The van der Waals surface area contributed by atoms with Gasteiger partial charge in [-0.05, 0) is 54.0 Å². The molecule has 3 N–H and O–H groups in total. The van der Waals surface area contributed by atoms with Crippen LogP contribution in [0.4, 0.5) is 0 Å². The molecule has 0 aromatic heterocycles. The lowest BCUT2D eigenvalue weighted by molar-refractivity contribution is -0.129. The zero-order valence-corrected chi connectivity index (χ0v) is 16.5. The molecule has 1 aliphatic rings. The van der Waals surface area contributed by atoms with Crippen molar-refractivity contribution in [2.45, 2.75) is 70.1 Å². The van der Waals surface area contributed by atoms with Gasteiger partial charge in [0.2, 0.25) is 5.91 Å². The van der Waals surface area contributed by atoms with Gasteiger partial charge in [-0.15, -0.1) is 4.91 Å². The molecule has 1 amide bonds. The molecule has 2 rings (SSSR count). The van der Waals surface area contributed by atoms with Gasteiger partial charge in [-0.2, -0.15) is 0 Å². The van der Waals surface area contributed by atoms with Gasteiger partial charge < -0.3 is 14.6 Å². The van der Waals surface area contributed by atoms with Crippen molar-refractivity contribution in [3.05, 3.63) is 28.7 Å². The normalized spacial score (nSPS) is 21.0. The van der Waals surface area contributed by atoms with Crippen molar-refractivity contribution in [1.82, 2.24) is 5.48 Å². The number of methoxy groups -OCH3 is 1. The van der Waals surface area contributed by atoms with Crippen LogP contribution in [0.1, 0.15) is 63.4 Å². The standard InChI is InChI=1S/C20H30N2O6/c1-3-4-13-5-7-16(9-13)28-18-10-14(6-8-17(18)27-2)15(11-19(23)21-25)12-20(24)22-26/h6,8,10,13,15-16,19,23,26H,3-5,7,9,11-12H2,1-2H3,(H,22,24)/t13?,15?,16-,19?/m1/s1. The Morgan fingerprint density at radius 1 is 1.36 bits per heavy atom. The molecule has 28 heavy (non-hydrogen) atoms. The van der Waals surface area contributed by atoms with Crippen LogP contribution in [0.5, 0.6) is 11.5 Å². The first-order chi connectivity index (χ1) is 13.5. The van der Waals surface area contributed by atoms with Crippen LogP contribution in [0.25, 0.3) is 0 Å². The van der Waals surface area contributed by atoms with Crippen LogP contribution in [-0.4, -0.2) is 35.7 Å². The van der Waals surface area contributed by atoms with Crippen molar-refractivity contribution in [1.29, 1.82) is 0 Å². The highest BCUT2D eigenvalue weighted by atomic mass is 16.5. The summed E-state index contributed by atoms with van der Waals surface area (Å²) in [6.07, 6.45) is 4.05. The molecule has 0 bridgehead atoms. The van der Waals surface area contributed by atoms with Crippen LogP contribution >= 0.6 is 0 Å². The average molecular weight is 394 g/mol. The number of nitroso groups, excluding NO2 is 1. The summed E-state index contributed by atoms with van der Waals surface area (Å²) in [5.41, 5.74) is 2.28. The quantitative estimate of drug-likeness (QED) is 0.300. The van der Waals surface area contributed by atoms with E-state index in [1.807, 2.05) is 0 Å². The molecule has 156 valence electrons. The molecule has 0 heterocycles. The summed E-state index contributed by atoms with van der Waals surface area (Å²) >= 11 is 0. The second-order valence-electron chi connectivity index (χ2n) is 7.38. The van der Waals surface area contributed by atoms with Gasteiger partial charge in [0.05, 0.1) is 13.2 Å². The van der Waals surface area contributed by atoms with Crippen molar-refractivity contribution in [3.8, 4) is 11.5 Å². The first kappa shape index (κ1) is 22.1. The number of amides is 1. The zero-order chi connectivity index (χ0) is 20.5.